The number of ketones is 1. The smallest absolute Gasteiger partial charge is 0.257 e. The van der Waals surface area contributed by atoms with Crippen molar-refractivity contribution in [3.63, 3.8) is 0 Å². The van der Waals surface area contributed by atoms with Gasteiger partial charge in [0.05, 0.1) is 0 Å². The minimum absolute atomic E-state index is 0.108. The summed E-state index contributed by atoms with van der Waals surface area (Å²) in [4.78, 5) is 16.3. The first-order valence-corrected chi connectivity index (χ1v) is 6.70. The molecule has 0 radical (unpaired) electrons. The van der Waals surface area contributed by atoms with Gasteiger partial charge < -0.3 is 4.52 Å². The van der Waals surface area contributed by atoms with Crippen LogP contribution >= 0.6 is 0 Å². The fraction of sp³-hybridized carbons (Fsp3) is 0.118. The zero-order valence-corrected chi connectivity index (χ0v) is 11.6. The van der Waals surface area contributed by atoms with Gasteiger partial charge in [0.25, 0.3) is 5.89 Å². The zero-order chi connectivity index (χ0) is 14.7. The minimum Gasteiger partial charge on any atom is -0.334 e. The van der Waals surface area contributed by atoms with E-state index in [4.69, 9.17) is 4.52 Å². The van der Waals surface area contributed by atoms with Crippen LogP contribution in [0.2, 0.25) is 0 Å². The third kappa shape index (κ3) is 3.05. The van der Waals surface area contributed by atoms with Crippen LogP contribution in [0.25, 0.3) is 11.5 Å². The molecule has 0 unspecified atom stereocenters. The Bertz CT molecular complexity index is 746. The molecule has 104 valence electrons. The quantitative estimate of drug-likeness (QED) is 0.686. The molecule has 4 heteroatoms. The summed E-state index contributed by atoms with van der Waals surface area (Å²) in [6, 6.07) is 16.9. The molecule has 4 nitrogen and oxygen atoms in total. The SMILES string of the molecule is Cc1noc(-c2ccc(CC(=O)c3ccccc3)cc2)n1. The highest BCUT2D eigenvalue weighted by atomic mass is 16.5. The van der Waals surface area contributed by atoms with Gasteiger partial charge in [0, 0.05) is 17.5 Å². The summed E-state index contributed by atoms with van der Waals surface area (Å²) < 4.78 is 5.11. The van der Waals surface area contributed by atoms with Gasteiger partial charge in [0.2, 0.25) is 0 Å². The second kappa shape index (κ2) is 5.71. The first-order valence-electron chi connectivity index (χ1n) is 6.70. The van der Waals surface area contributed by atoms with E-state index in [1.165, 1.54) is 0 Å². The third-order valence-corrected chi connectivity index (χ3v) is 3.19. The van der Waals surface area contributed by atoms with E-state index < -0.39 is 0 Å². The Morgan fingerprint density at radius 2 is 1.76 bits per heavy atom. The summed E-state index contributed by atoms with van der Waals surface area (Å²) in [6.45, 7) is 1.78. The standard InChI is InChI=1S/C17H14N2O2/c1-12-18-17(21-19-12)15-9-7-13(8-10-15)11-16(20)14-5-3-2-4-6-14/h2-10H,11H2,1H3. The van der Waals surface area contributed by atoms with Gasteiger partial charge in [-0.25, -0.2) is 0 Å². The maximum Gasteiger partial charge on any atom is 0.257 e. The summed E-state index contributed by atoms with van der Waals surface area (Å²) in [6.07, 6.45) is 0.382. The van der Waals surface area contributed by atoms with Crippen LogP contribution in [-0.2, 0) is 6.42 Å². The van der Waals surface area contributed by atoms with Crippen molar-refractivity contribution in [2.75, 3.05) is 0 Å². The van der Waals surface area contributed by atoms with Crippen LogP contribution in [0.5, 0.6) is 0 Å². The number of aromatic nitrogens is 2. The molecular formula is C17H14N2O2. The second-order valence-electron chi connectivity index (χ2n) is 4.81. The normalized spacial score (nSPS) is 10.5. The van der Waals surface area contributed by atoms with Crippen LogP contribution in [0.1, 0.15) is 21.7 Å². The lowest BCUT2D eigenvalue weighted by molar-refractivity contribution is 0.0993. The Balaban J connectivity index is 1.74. The van der Waals surface area contributed by atoms with Crippen LogP contribution in [-0.4, -0.2) is 15.9 Å². The second-order valence-corrected chi connectivity index (χ2v) is 4.81. The molecular weight excluding hydrogens is 264 g/mol. The number of Topliss-reactive ketones (excluding diaryl/α,β-unsaturated/α-hetero) is 1. The van der Waals surface area contributed by atoms with Gasteiger partial charge in [-0.3, -0.25) is 4.79 Å². The first-order chi connectivity index (χ1) is 10.2. The van der Waals surface area contributed by atoms with Gasteiger partial charge in [-0.05, 0) is 24.6 Å². The lowest BCUT2D eigenvalue weighted by atomic mass is 10.0. The fourth-order valence-corrected chi connectivity index (χ4v) is 2.09. The van der Waals surface area contributed by atoms with E-state index in [9.17, 15) is 4.79 Å². The average Bonchev–Trinajstić information content (AvgIpc) is 2.95. The monoisotopic (exact) mass is 278 g/mol. The van der Waals surface area contributed by atoms with E-state index in [-0.39, 0.29) is 5.78 Å². The number of aryl methyl sites for hydroxylation is 1. The molecule has 3 rings (SSSR count). The molecule has 0 saturated heterocycles. The van der Waals surface area contributed by atoms with E-state index in [0.29, 0.717) is 18.1 Å². The molecule has 0 bridgehead atoms. The highest BCUT2D eigenvalue weighted by Crippen LogP contribution is 2.18. The highest BCUT2D eigenvalue weighted by Gasteiger charge is 2.09. The van der Waals surface area contributed by atoms with Gasteiger partial charge in [-0.2, -0.15) is 4.98 Å². The Morgan fingerprint density at radius 1 is 1.05 bits per heavy atom. The van der Waals surface area contributed by atoms with Gasteiger partial charge in [-0.15, -0.1) is 0 Å². The number of rotatable bonds is 4. The number of carbonyl (C=O) groups is 1. The molecule has 0 saturated carbocycles. The van der Waals surface area contributed by atoms with Crippen molar-refractivity contribution in [2.24, 2.45) is 0 Å². The number of carbonyl (C=O) groups excluding carboxylic acids is 1. The van der Waals surface area contributed by atoms with Crippen LogP contribution in [0.4, 0.5) is 0 Å². The summed E-state index contributed by atoms with van der Waals surface area (Å²) in [5.41, 5.74) is 2.55. The minimum atomic E-state index is 0.108. The van der Waals surface area contributed by atoms with Gasteiger partial charge in [-0.1, -0.05) is 47.6 Å². The van der Waals surface area contributed by atoms with E-state index in [2.05, 4.69) is 10.1 Å². The molecule has 3 aromatic rings. The van der Waals surface area contributed by atoms with Crippen molar-refractivity contribution in [1.82, 2.24) is 10.1 Å². The van der Waals surface area contributed by atoms with E-state index in [0.717, 1.165) is 16.7 Å². The van der Waals surface area contributed by atoms with Gasteiger partial charge in [0.1, 0.15) is 0 Å². The summed E-state index contributed by atoms with van der Waals surface area (Å²) in [5.74, 6) is 1.21. The molecule has 0 aliphatic heterocycles. The van der Waals surface area contributed by atoms with Crippen molar-refractivity contribution in [3.05, 3.63) is 71.5 Å². The fourth-order valence-electron chi connectivity index (χ4n) is 2.09. The van der Waals surface area contributed by atoms with Crippen LogP contribution in [0, 0.1) is 6.92 Å². The number of nitrogens with zero attached hydrogens (tertiary/aromatic N) is 2. The van der Waals surface area contributed by atoms with Crippen LogP contribution < -0.4 is 0 Å². The molecule has 0 fully saturated rings. The van der Waals surface area contributed by atoms with E-state index in [1.54, 1.807) is 6.92 Å². The molecule has 0 N–H and O–H groups in total. The average molecular weight is 278 g/mol. The first kappa shape index (κ1) is 13.2. The molecule has 0 spiro atoms. The molecule has 21 heavy (non-hydrogen) atoms. The number of hydrogen-bond acceptors (Lipinski definition) is 4. The van der Waals surface area contributed by atoms with E-state index in [1.807, 2.05) is 54.6 Å². The number of hydrogen-bond donors (Lipinski definition) is 0. The molecule has 1 heterocycles. The maximum absolute atomic E-state index is 12.1. The van der Waals surface area contributed by atoms with Crippen molar-refractivity contribution < 1.29 is 9.32 Å². The molecule has 2 aromatic carbocycles. The van der Waals surface area contributed by atoms with Crippen molar-refractivity contribution in [3.8, 4) is 11.5 Å². The predicted molar refractivity (Wildman–Crippen MR) is 78.9 cm³/mol. The molecule has 1 aromatic heterocycles. The molecule has 0 amide bonds. The molecule has 0 aliphatic rings. The van der Waals surface area contributed by atoms with Crippen LogP contribution in [0.15, 0.2) is 59.1 Å². The highest BCUT2D eigenvalue weighted by molar-refractivity contribution is 5.97. The summed E-state index contributed by atoms with van der Waals surface area (Å²) in [7, 11) is 0. The largest absolute Gasteiger partial charge is 0.334 e. The third-order valence-electron chi connectivity index (χ3n) is 3.19. The van der Waals surface area contributed by atoms with E-state index >= 15 is 0 Å². The van der Waals surface area contributed by atoms with Gasteiger partial charge in [0.15, 0.2) is 11.6 Å². The Kier molecular flexibility index (Phi) is 3.60. The topological polar surface area (TPSA) is 56.0 Å². The maximum atomic E-state index is 12.1. The molecule has 0 atom stereocenters. The summed E-state index contributed by atoms with van der Waals surface area (Å²) in [5, 5.41) is 3.76. The van der Waals surface area contributed by atoms with Crippen molar-refractivity contribution in [2.45, 2.75) is 13.3 Å². The lowest BCUT2D eigenvalue weighted by Gasteiger charge is -2.02. The molecule has 0 aliphatic carbocycles. The predicted octanol–water partition coefficient (Wildman–Crippen LogP) is 3.47. The van der Waals surface area contributed by atoms with Crippen molar-refractivity contribution >= 4 is 5.78 Å². The Labute approximate surface area is 122 Å². The summed E-state index contributed by atoms with van der Waals surface area (Å²) >= 11 is 0. The van der Waals surface area contributed by atoms with Crippen LogP contribution in [0.3, 0.4) is 0 Å². The van der Waals surface area contributed by atoms with Crippen molar-refractivity contribution in [1.29, 1.82) is 0 Å². The Hall–Kier alpha value is -2.75. The lowest BCUT2D eigenvalue weighted by Crippen LogP contribution is -2.02. The Morgan fingerprint density at radius 3 is 2.38 bits per heavy atom. The van der Waals surface area contributed by atoms with Gasteiger partial charge >= 0.3 is 0 Å². The number of benzene rings is 2. The zero-order valence-electron chi connectivity index (χ0n) is 11.6.